The summed E-state index contributed by atoms with van der Waals surface area (Å²) in [5, 5.41) is 11.0. The number of hydrogen-bond donors (Lipinski definition) is 0. The van der Waals surface area contributed by atoms with Gasteiger partial charge in [0.2, 0.25) is 0 Å². The van der Waals surface area contributed by atoms with Gasteiger partial charge in [-0.15, -0.1) is 0 Å². The number of aromatic nitrogens is 1. The summed E-state index contributed by atoms with van der Waals surface area (Å²) in [6, 6.07) is 9.63. The predicted octanol–water partition coefficient (Wildman–Crippen LogP) is 3.29. The van der Waals surface area contributed by atoms with E-state index in [2.05, 4.69) is 4.98 Å². The lowest BCUT2D eigenvalue weighted by Crippen LogP contribution is -2.38. The normalized spacial score (nSPS) is 14.0. The average Bonchev–Trinajstić information content (AvgIpc) is 2.99. The zero-order valence-corrected chi connectivity index (χ0v) is 17.9. The van der Waals surface area contributed by atoms with E-state index in [1.54, 1.807) is 12.4 Å². The van der Waals surface area contributed by atoms with Crippen molar-refractivity contribution < 1.29 is 14.5 Å². The molecule has 31 heavy (non-hydrogen) atoms. The summed E-state index contributed by atoms with van der Waals surface area (Å²) in [7, 11) is 0. The topological polar surface area (TPSA) is 96.7 Å². The Morgan fingerprint density at radius 1 is 1.06 bits per heavy atom. The molecule has 0 unspecified atom stereocenters. The summed E-state index contributed by atoms with van der Waals surface area (Å²) in [6.45, 7) is 7.26. The zero-order chi connectivity index (χ0) is 22.5. The summed E-state index contributed by atoms with van der Waals surface area (Å²) in [6.07, 6.45) is 4.14. The maximum absolute atomic E-state index is 13.3. The van der Waals surface area contributed by atoms with Crippen LogP contribution in [-0.4, -0.2) is 51.2 Å². The molecule has 0 spiro atoms. The fraction of sp³-hybridized carbons (Fsp3) is 0.348. The van der Waals surface area contributed by atoms with Crippen molar-refractivity contribution in [3.05, 3.63) is 75.7 Å². The number of imide groups is 1. The third-order valence-corrected chi connectivity index (χ3v) is 5.18. The maximum Gasteiger partial charge on any atom is 0.277 e. The number of nitro benzene ring substituents is 1. The molecule has 1 aliphatic rings. The van der Waals surface area contributed by atoms with Crippen LogP contribution >= 0.6 is 0 Å². The first-order valence-electron chi connectivity index (χ1n) is 10.3. The molecule has 3 rings (SSSR count). The molecule has 162 valence electrons. The largest absolute Gasteiger partial charge is 0.366 e. The van der Waals surface area contributed by atoms with E-state index >= 15 is 0 Å². The molecular weight excluding hydrogens is 396 g/mol. The first kappa shape index (κ1) is 22.1. The highest BCUT2D eigenvalue weighted by Gasteiger charge is 2.41. The van der Waals surface area contributed by atoms with Gasteiger partial charge in [-0.3, -0.25) is 29.6 Å². The van der Waals surface area contributed by atoms with Crippen LogP contribution in [0.25, 0.3) is 5.57 Å². The number of pyridine rings is 1. The van der Waals surface area contributed by atoms with Crippen LogP contribution in [0.1, 0.15) is 31.9 Å². The van der Waals surface area contributed by atoms with E-state index in [4.69, 9.17) is 0 Å². The molecule has 2 heterocycles. The highest BCUT2D eigenvalue weighted by Crippen LogP contribution is 2.33. The van der Waals surface area contributed by atoms with E-state index in [0.29, 0.717) is 42.9 Å². The van der Waals surface area contributed by atoms with Crippen molar-refractivity contribution in [1.82, 2.24) is 14.8 Å². The number of carbonyl (C=O) groups is 2. The van der Waals surface area contributed by atoms with Gasteiger partial charge in [0.1, 0.15) is 5.70 Å². The molecule has 2 amide bonds. The number of nitro groups is 1. The number of carbonyl (C=O) groups excluding carboxylic acids is 2. The quantitative estimate of drug-likeness (QED) is 0.349. The van der Waals surface area contributed by atoms with Gasteiger partial charge >= 0.3 is 0 Å². The zero-order valence-electron chi connectivity index (χ0n) is 17.9. The van der Waals surface area contributed by atoms with Gasteiger partial charge in [0.05, 0.1) is 10.5 Å². The predicted molar refractivity (Wildman–Crippen MR) is 117 cm³/mol. The first-order valence-corrected chi connectivity index (χ1v) is 10.3. The second kappa shape index (κ2) is 9.51. The molecule has 0 N–H and O–H groups in total. The van der Waals surface area contributed by atoms with E-state index in [1.807, 2.05) is 37.8 Å². The molecule has 8 nitrogen and oxygen atoms in total. The number of nitrogens with zero attached hydrogens (tertiary/aromatic N) is 4. The third kappa shape index (κ3) is 4.79. The molecule has 1 aliphatic heterocycles. The minimum absolute atomic E-state index is 0.0632. The maximum atomic E-state index is 13.3. The van der Waals surface area contributed by atoms with Gasteiger partial charge in [-0.25, -0.2) is 0 Å². The fourth-order valence-corrected chi connectivity index (χ4v) is 3.64. The van der Waals surface area contributed by atoms with E-state index in [0.717, 1.165) is 5.56 Å². The summed E-state index contributed by atoms with van der Waals surface area (Å²) in [5.41, 5.74) is 2.19. The Morgan fingerprint density at radius 2 is 1.71 bits per heavy atom. The molecule has 0 saturated carbocycles. The Kier molecular flexibility index (Phi) is 6.79. The third-order valence-electron chi connectivity index (χ3n) is 5.18. The van der Waals surface area contributed by atoms with Crippen LogP contribution in [0.15, 0.2) is 54.5 Å². The molecule has 8 heteroatoms. The Morgan fingerprint density at radius 3 is 2.26 bits per heavy atom. The van der Waals surface area contributed by atoms with Crippen LogP contribution < -0.4 is 0 Å². The highest BCUT2D eigenvalue weighted by atomic mass is 16.6. The number of rotatable bonds is 9. The molecule has 0 radical (unpaired) electrons. The molecule has 0 fully saturated rings. The van der Waals surface area contributed by atoms with E-state index in [-0.39, 0.29) is 23.4 Å². The number of non-ortho nitro benzene ring substituents is 1. The second-order valence-electron chi connectivity index (χ2n) is 7.83. The van der Waals surface area contributed by atoms with Crippen molar-refractivity contribution in [3.8, 4) is 0 Å². The van der Waals surface area contributed by atoms with Gasteiger partial charge < -0.3 is 4.90 Å². The number of likely N-dealkylation sites (N-methyl/N-ethyl adjacent to an activating group) is 1. The summed E-state index contributed by atoms with van der Waals surface area (Å²) < 4.78 is 0. The van der Waals surface area contributed by atoms with Crippen molar-refractivity contribution in [2.75, 3.05) is 19.6 Å². The van der Waals surface area contributed by atoms with Crippen molar-refractivity contribution in [3.63, 3.8) is 0 Å². The van der Waals surface area contributed by atoms with Crippen LogP contribution in [0, 0.1) is 16.0 Å². The van der Waals surface area contributed by atoms with E-state index < -0.39 is 4.92 Å². The molecule has 0 aliphatic carbocycles. The van der Waals surface area contributed by atoms with Gasteiger partial charge in [0.15, 0.2) is 0 Å². The molecule has 0 saturated heterocycles. The fourth-order valence-electron chi connectivity index (χ4n) is 3.64. The molecule has 0 atom stereocenters. The number of benzene rings is 1. The Hall–Kier alpha value is -3.55. The van der Waals surface area contributed by atoms with Gasteiger partial charge in [0, 0.05) is 44.2 Å². The van der Waals surface area contributed by atoms with Gasteiger partial charge in [-0.1, -0.05) is 13.8 Å². The summed E-state index contributed by atoms with van der Waals surface area (Å²) >= 11 is 0. The van der Waals surface area contributed by atoms with Crippen LogP contribution in [0.2, 0.25) is 0 Å². The molecule has 1 aromatic heterocycles. The van der Waals surface area contributed by atoms with Crippen molar-refractivity contribution in [1.29, 1.82) is 0 Å². The SMILES string of the molecule is CCN(CCc1ccncc1)C1=C(c2ccc([N+](=O)[O-])cc2)C(=O)N(CC(C)C)C1=O. The second-order valence-corrected chi connectivity index (χ2v) is 7.83. The van der Waals surface area contributed by atoms with Crippen LogP contribution in [-0.2, 0) is 16.0 Å². The lowest BCUT2D eigenvalue weighted by atomic mass is 10.0. The van der Waals surface area contributed by atoms with Crippen LogP contribution in [0.3, 0.4) is 0 Å². The molecule has 2 aromatic rings. The Bertz CT molecular complexity index is 1000. The Labute approximate surface area is 181 Å². The molecule has 0 bridgehead atoms. The smallest absolute Gasteiger partial charge is 0.277 e. The van der Waals surface area contributed by atoms with Crippen molar-refractivity contribution in [2.45, 2.75) is 27.2 Å². The van der Waals surface area contributed by atoms with Crippen LogP contribution in [0.5, 0.6) is 0 Å². The Balaban J connectivity index is 2.00. The number of amides is 2. The monoisotopic (exact) mass is 422 g/mol. The van der Waals surface area contributed by atoms with Gasteiger partial charge in [-0.2, -0.15) is 0 Å². The van der Waals surface area contributed by atoms with E-state index in [1.165, 1.54) is 29.2 Å². The molecular formula is C23H26N4O4. The average molecular weight is 422 g/mol. The highest BCUT2D eigenvalue weighted by molar-refractivity contribution is 6.35. The van der Waals surface area contributed by atoms with E-state index in [9.17, 15) is 19.7 Å². The lowest BCUT2D eigenvalue weighted by molar-refractivity contribution is -0.384. The first-order chi connectivity index (χ1) is 14.8. The summed E-state index contributed by atoms with van der Waals surface area (Å²) in [4.78, 5) is 44.3. The van der Waals surface area contributed by atoms with Crippen molar-refractivity contribution in [2.24, 2.45) is 5.92 Å². The number of hydrogen-bond acceptors (Lipinski definition) is 6. The lowest BCUT2D eigenvalue weighted by Gasteiger charge is -2.25. The minimum atomic E-state index is -0.487. The van der Waals surface area contributed by atoms with Gasteiger partial charge in [0.25, 0.3) is 17.5 Å². The summed E-state index contributed by atoms with van der Waals surface area (Å²) in [5.74, 6) is -0.550. The van der Waals surface area contributed by atoms with Crippen molar-refractivity contribution >= 4 is 23.1 Å². The standard InChI is InChI=1S/C23H26N4O4/c1-4-25(14-11-17-9-12-24-13-10-17)21-20(18-5-7-19(8-6-18)27(30)31)22(28)26(23(21)29)15-16(2)3/h5-10,12-13,16H,4,11,14-15H2,1-3H3. The minimum Gasteiger partial charge on any atom is -0.366 e. The van der Waals surface area contributed by atoms with Crippen LogP contribution in [0.4, 0.5) is 5.69 Å². The van der Waals surface area contributed by atoms with Gasteiger partial charge in [-0.05, 0) is 54.7 Å². The molecule has 1 aromatic carbocycles.